The quantitative estimate of drug-likeness (QED) is 0.677. The summed E-state index contributed by atoms with van der Waals surface area (Å²) < 4.78 is -0.393. The molecular formula is C7H15NOS. The van der Waals surface area contributed by atoms with Gasteiger partial charge in [0.2, 0.25) is 5.91 Å². The van der Waals surface area contributed by atoms with Gasteiger partial charge in [-0.1, -0.05) is 6.92 Å². The van der Waals surface area contributed by atoms with Crippen LogP contribution in [0.3, 0.4) is 0 Å². The van der Waals surface area contributed by atoms with Crippen LogP contribution in [0.5, 0.6) is 0 Å². The molecule has 10 heavy (non-hydrogen) atoms. The fourth-order valence-electron chi connectivity index (χ4n) is 0.428. The van der Waals surface area contributed by atoms with E-state index in [2.05, 4.69) is 6.92 Å². The molecule has 0 aromatic rings. The van der Waals surface area contributed by atoms with Crippen LogP contribution in [-0.4, -0.2) is 16.4 Å². The summed E-state index contributed by atoms with van der Waals surface area (Å²) >= 11 is 1.61. The van der Waals surface area contributed by atoms with Crippen molar-refractivity contribution in [3.63, 3.8) is 0 Å². The second-order valence-corrected chi connectivity index (χ2v) is 4.44. The molecule has 0 heterocycles. The molecule has 2 N–H and O–H groups in total. The Hall–Kier alpha value is -0.180. The second kappa shape index (κ2) is 3.86. The molecule has 0 spiro atoms. The fraction of sp³-hybridized carbons (Fsp3) is 0.857. The van der Waals surface area contributed by atoms with E-state index in [-0.39, 0.29) is 5.91 Å². The second-order valence-electron chi connectivity index (χ2n) is 2.72. The Morgan fingerprint density at radius 1 is 1.60 bits per heavy atom. The normalized spacial score (nSPS) is 11.5. The SMILES string of the molecule is CCCSC(C)(C)C(N)=O. The lowest BCUT2D eigenvalue weighted by Crippen LogP contribution is -2.35. The molecule has 0 saturated carbocycles. The zero-order chi connectivity index (χ0) is 8.20. The van der Waals surface area contributed by atoms with Crippen LogP contribution >= 0.6 is 11.8 Å². The Kier molecular flexibility index (Phi) is 3.79. The Morgan fingerprint density at radius 2 is 2.10 bits per heavy atom. The van der Waals surface area contributed by atoms with Crippen LogP contribution < -0.4 is 5.73 Å². The number of carbonyl (C=O) groups is 1. The van der Waals surface area contributed by atoms with Crippen LogP contribution in [0.25, 0.3) is 0 Å². The molecule has 3 heteroatoms. The maximum absolute atomic E-state index is 10.7. The van der Waals surface area contributed by atoms with Gasteiger partial charge in [0.25, 0.3) is 0 Å². The highest BCUT2D eigenvalue weighted by atomic mass is 32.2. The maximum Gasteiger partial charge on any atom is 0.233 e. The molecule has 0 atom stereocenters. The van der Waals surface area contributed by atoms with Gasteiger partial charge in [-0.05, 0) is 26.0 Å². The van der Waals surface area contributed by atoms with E-state index in [1.807, 2.05) is 13.8 Å². The van der Waals surface area contributed by atoms with Crippen molar-refractivity contribution in [1.82, 2.24) is 0 Å². The molecule has 1 amide bonds. The minimum Gasteiger partial charge on any atom is -0.368 e. The van der Waals surface area contributed by atoms with E-state index < -0.39 is 4.75 Å². The van der Waals surface area contributed by atoms with Crippen molar-refractivity contribution in [2.45, 2.75) is 31.9 Å². The highest BCUT2D eigenvalue weighted by Gasteiger charge is 2.24. The largest absolute Gasteiger partial charge is 0.368 e. The van der Waals surface area contributed by atoms with E-state index >= 15 is 0 Å². The molecule has 0 bridgehead atoms. The molecule has 0 unspecified atom stereocenters. The zero-order valence-corrected chi connectivity index (χ0v) is 7.62. The summed E-state index contributed by atoms with van der Waals surface area (Å²) in [5.74, 6) is 0.765. The van der Waals surface area contributed by atoms with Gasteiger partial charge in [-0.2, -0.15) is 0 Å². The Bertz CT molecular complexity index is 123. The van der Waals surface area contributed by atoms with Crippen LogP contribution in [0.1, 0.15) is 27.2 Å². The predicted octanol–water partition coefficient (Wildman–Crippen LogP) is 1.39. The van der Waals surface area contributed by atoms with Crippen molar-refractivity contribution in [2.24, 2.45) is 5.73 Å². The summed E-state index contributed by atoms with van der Waals surface area (Å²) in [6.45, 7) is 5.80. The number of thioether (sulfide) groups is 1. The van der Waals surface area contributed by atoms with Gasteiger partial charge in [0.15, 0.2) is 0 Å². The molecule has 0 fully saturated rings. The number of rotatable bonds is 4. The average molecular weight is 161 g/mol. The topological polar surface area (TPSA) is 43.1 Å². The Balaban J connectivity index is 3.75. The average Bonchev–Trinajstić information content (AvgIpc) is 1.84. The lowest BCUT2D eigenvalue weighted by molar-refractivity contribution is -0.119. The van der Waals surface area contributed by atoms with Crippen molar-refractivity contribution in [2.75, 3.05) is 5.75 Å². The number of hydrogen-bond donors (Lipinski definition) is 1. The van der Waals surface area contributed by atoms with Gasteiger partial charge < -0.3 is 5.73 Å². The van der Waals surface area contributed by atoms with E-state index in [9.17, 15) is 4.79 Å². The van der Waals surface area contributed by atoms with E-state index in [1.54, 1.807) is 11.8 Å². The highest BCUT2D eigenvalue weighted by molar-refractivity contribution is 8.01. The fourth-order valence-corrected chi connectivity index (χ4v) is 1.29. The standard InChI is InChI=1S/C7H15NOS/c1-4-5-10-7(2,3)6(8)9/h4-5H2,1-3H3,(H2,8,9). The molecule has 0 rings (SSSR count). The first-order chi connectivity index (χ1) is 4.50. The molecule has 0 aliphatic heterocycles. The molecule has 0 saturated heterocycles. The molecule has 0 aromatic carbocycles. The van der Waals surface area contributed by atoms with Crippen LogP contribution in [0.4, 0.5) is 0 Å². The van der Waals surface area contributed by atoms with Crippen LogP contribution in [-0.2, 0) is 4.79 Å². The molecule has 0 radical (unpaired) electrons. The molecule has 0 aliphatic carbocycles. The van der Waals surface area contributed by atoms with Crippen molar-refractivity contribution in [3.8, 4) is 0 Å². The Morgan fingerprint density at radius 3 is 2.40 bits per heavy atom. The van der Waals surface area contributed by atoms with Gasteiger partial charge in [0.05, 0.1) is 4.75 Å². The van der Waals surface area contributed by atoms with E-state index in [4.69, 9.17) is 5.73 Å². The summed E-state index contributed by atoms with van der Waals surface area (Å²) in [6, 6.07) is 0. The van der Waals surface area contributed by atoms with Gasteiger partial charge >= 0.3 is 0 Å². The minimum atomic E-state index is -0.393. The highest BCUT2D eigenvalue weighted by Crippen LogP contribution is 2.23. The van der Waals surface area contributed by atoms with Crippen molar-refractivity contribution in [1.29, 1.82) is 0 Å². The van der Waals surface area contributed by atoms with Crippen molar-refractivity contribution in [3.05, 3.63) is 0 Å². The van der Waals surface area contributed by atoms with E-state index in [1.165, 1.54) is 0 Å². The number of carbonyl (C=O) groups excluding carboxylic acids is 1. The molecular weight excluding hydrogens is 146 g/mol. The molecule has 2 nitrogen and oxygen atoms in total. The van der Waals surface area contributed by atoms with Crippen LogP contribution in [0.15, 0.2) is 0 Å². The molecule has 60 valence electrons. The monoisotopic (exact) mass is 161 g/mol. The summed E-state index contributed by atoms with van der Waals surface area (Å²) in [4.78, 5) is 10.7. The number of nitrogens with two attached hydrogens (primary N) is 1. The Labute approximate surface area is 66.6 Å². The third-order valence-electron chi connectivity index (χ3n) is 1.26. The van der Waals surface area contributed by atoms with Gasteiger partial charge in [-0.3, -0.25) is 4.79 Å². The van der Waals surface area contributed by atoms with Gasteiger partial charge in [-0.15, -0.1) is 11.8 Å². The van der Waals surface area contributed by atoms with Gasteiger partial charge in [0.1, 0.15) is 0 Å². The van der Waals surface area contributed by atoms with Gasteiger partial charge in [0, 0.05) is 0 Å². The smallest absolute Gasteiger partial charge is 0.233 e. The summed E-state index contributed by atoms with van der Waals surface area (Å²) in [6.07, 6.45) is 1.08. The third-order valence-corrected chi connectivity index (χ3v) is 2.80. The van der Waals surface area contributed by atoms with Crippen molar-refractivity contribution >= 4 is 17.7 Å². The van der Waals surface area contributed by atoms with E-state index in [0.717, 1.165) is 12.2 Å². The lowest BCUT2D eigenvalue weighted by atomic mass is 10.2. The first kappa shape index (κ1) is 9.82. The first-order valence-corrected chi connectivity index (χ1v) is 4.43. The summed E-state index contributed by atoms with van der Waals surface area (Å²) in [5.41, 5.74) is 5.15. The number of amides is 1. The van der Waals surface area contributed by atoms with Gasteiger partial charge in [-0.25, -0.2) is 0 Å². The predicted molar refractivity (Wildman–Crippen MR) is 46.0 cm³/mol. The van der Waals surface area contributed by atoms with E-state index in [0.29, 0.717) is 0 Å². The van der Waals surface area contributed by atoms with Crippen molar-refractivity contribution < 1.29 is 4.79 Å². The summed E-state index contributed by atoms with van der Waals surface area (Å²) in [5, 5.41) is 0. The molecule has 0 aliphatic rings. The molecule has 0 aromatic heterocycles. The number of primary amides is 1. The summed E-state index contributed by atoms with van der Waals surface area (Å²) in [7, 11) is 0. The lowest BCUT2D eigenvalue weighted by Gasteiger charge is -2.18. The van der Waals surface area contributed by atoms with Crippen LogP contribution in [0.2, 0.25) is 0 Å². The third kappa shape index (κ3) is 3.11. The minimum absolute atomic E-state index is 0.231. The maximum atomic E-state index is 10.7. The zero-order valence-electron chi connectivity index (χ0n) is 6.81. The van der Waals surface area contributed by atoms with Crippen LogP contribution in [0, 0.1) is 0 Å². The first-order valence-electron chi connectivity index (χ1n) is 3.44. The number of hydrogen-bond acceptors (Lipinski definition) is 2.